The van der Waals surface area contributed by atoms with Gasteiger partial charge in [-0.1, -0.05) is 35.0 Å². The molecule has 0 saturated carbocycles. The summed E-state index contributed by atoms with van der Waals surface area (Å²) < 4.78 is 18.1. The fraction of sp³-hybridized carbons (Fsp3) is 0.0526. The van der Waals surface area contributed by atoms with Gasteiger partial charge < -0.3 is 9.84 Å². The average molecular weight is 357 g/mol. The van der Waals surface area contributed by atoms with Gasteiger partial charge in [0, 0.05) is 22.7 Å². The highest BCUT2D eigenvalue weighted by atomic mass is 35.5. The minimum atomic E-state index is -0.318. The first kappa shape index (κ1) is 16.9. The maximum atomic E-state index is 12.9. The van der Waals surface area contributed by atoms with Gasteiger partial charge in [0.25, 0.3) is 0 Å². The molecule has 0 saturated heterocycles. The Morgan fingerprint density at radius 3 is 2.72 bits per heavy atom. The topological polar surface area (TPSA) is 55.1 Å². The molecule has 0 radical (unpaired) electrons. The minimum Gasteiger partial charge on any atom is -0.356 e. The van der Waals surface area contributed by atoms with Crippen molar-refractivity contribution < 1.29 is 13.7 Å². The zero-order valence-corrected chi connectivity index (χ0v) is 13.8. The second-order valence-corrected chi connectivity index (χ2v) is 5.67. The summed E-state index contributed by atoms with van der Waals surface area (Å²) in [6.07, 6.45) is 3.05. The molecule has 3 rings (SSSR count). The van der Waals surface area contributed by atoms with Crippen molar-refractivity contribution in [1.29, 1.82) is 0 Å². The lowest BCUT2D eigenvalue weighted by Crippen LogP contribution is -2.20. The minimum absolute atomic E-state index is 0.219. The summed E-state index contributed by atoms with van der Waals surface area (Å²) in [5.41, 5.74) is 2.04. The molecule has 126 valence electrons. The van der Waals surface area contributed by atoms with E-state index in [1.165, 1.54) is 18.2 Å². The van der Waals surface area contributed by atoms with Gasteiger partial charge in [-0.3, -0.25) is 4.79 Å². The van der Waals surface area contributed by atoms with Crippen molar-refractivity contribution in [2.45, 2.75) is 6.54 Å². The maximum absolute atomic E-state index is 12.9. The quantitative estimate of drug-likeness (QED) is 0.686. The molecule has 3 aromatic rings. The van der Waals surface area contributed by atoms with E-state index in [-0.39, 0.29) is 18.3 Å². The first-order valence-electron chi connectivity index (χ1n) is 7.54. The van der Waals surface area contributed by atoms with E-state index in [0.717, 1.165) is 5.56 Å². The molecule has 0 aliphatic carbocycles. The Morgan fingerprint density at radius 2 is 1.96 bits per heavy atom. The average Bonchev–Trinajstić information content (AvgIpc) is 3.09. The van der Waals surface area contributed by atoms with Crippen LogP contribution in [0, 0.1) is 5.82 Å². The van der Waals surface area contributed by atoms with Crippen molar-refractivity contribution in [2.24, 2.45) is 0 Å². The van der Waals surface area contributed by atoms with Gasteiger partial charge in [-0.15, -0.1) is 0 Å². The molecule has 4 nitrogen and oxygen atoms in total. The van der Waals surface area contributed by atoms with Crippen molar-refractivity contribution in [2.75, 3.05) is 0 Å². The molecule has 0 aliphatic heterocycles. The maximum Gasteiger partial charge on any atom is 0.244 e. The van der Waals surface area contributed by atoms with E-state index in [1.807, 2.05) is 18.2 Å². The predicted molar refractivity (Wildman–Crippen MR) is 94.2 cm³/mol. The molecule has 0 unspecified atom stereocenters. The van der Waals surface area contributed by atoms with Gasteiger partial charge >= 0.3 is 0 Å². The van der Waals surface area contributed by atoms with Gasteiger partial charge in [0.1, 0.15) is 11.5 Å². The summed E-state index contributed by atoms with van der Waals surface area (Å²) in [5, 5.41) is 7.18. The van der Waals surface area contributed by atoms with E-state index in [2.05, 4.69) is 10.5 Å². The number of nitrogens with zero attached hydrogens (tertiary/aromatic N) is 1. The molecule has 1 heterocycles. The summed E-state index contributed by atoms with van der Waals surface area (Å²) in [6.45, 7) is 0.219. The highest BCUT2D eigenvalue weighted by molar-refractivity contribution is 6.32. The smallest absolute Gasteiger partial charge is 0.244 e. The fourth-order valence-corrected chi connectivity index (χ4v) is 2.36. The van der Waals surface area contributed by atoms with Crippen molar-refractivity contribution in [3.63, 3.8) is 0 Å². The number of hydrogen-bond acceptors (Lipinski definition) is 3. The number of carbonyl (C=O) groups is 1. The highest BCUT2D eigenvalue weighted by Gasteiger charge is 2.07. The summed E-state index contributed by atoms with van der Waals surface area (Å²) in [7, 11) is 0. The van der Waals surface area contributed by atoms with E-state index in [1.54, 1.807) is 30.3 Å². The Balaban J connectivity index is 1.58. The fourth-order valence-electron chi connectivity index (χ4n) is 2.16. The summed E-state index contributed by atoms with van der Waals surface area (Å²) >= 11 is 6.02. The molecule has 0 atom stereocenters. The van der Waals surface area contributed by atoms with Gasteiger partial charge in [0.05, 0.1) is 6.54 Å². The lowest BCUT2D eigenvalue weighted by Gasteiger charge is -1.99. The van der Waals surface area contributed by atoms with Crippen LogP contribution in [0.1, 0.15) is 11.3 Å². The third-order valence-corrected chi connectivity index (χ3v) is 3.80. The van der Waals surface area contributed by atoms with Crippen LogP contribution in [0.5, 0.6) is 0 Å². The molecule has 2 aromatic carbocycles. The Morgan fingerprint density at radius 1 is 1.20 bits per heavy atom. The van der Waals surface area contributed by atoms with Gasteiger partial charge in [-0.25, -0.2) is 4.39 Å². The summed E-state index contributed by atoms with van der Waals surface area (Å²) in [6, 6.07) is 14.8. The van der Waals surface area contributed by atoms with Crippen LogP contribution in [0.15, 0.2) is 65.2 Å². The van der Waals surface area contributed by atoms with Crippen molar-refractivity contribution in [1.82, 2.24) is 10.5 Å². The first-order valence-corrected chi connectivity index (χ1v) is 7.91. The molecule has 0 bridgehead atoms. The van der Waals surface area contributed by atoms with Crippen LogP contribution in [0.4, 0.5) is 4.39 Å². The standard InChI is InChI=1S/C19H14ClFN2O2/c20-17-4-2-1-3-13(17)7-10-19(24)22-12-16-11-18(25-23-16)14-5-8-15(21)9-6-14/h1-11H,12H2,(H,22,24)/b10-7+. The molecule has 6 heteroatoms. The number of hydrogen-bond donors (Lipinski definition) is 1. The van der Waals surface area contributed by atoms with Crippen molar-refractivity contribution >= 4 is 23.6 Å². The number of aromatic nitrogens is 1. The number of rotatable bonds is 5. The van der Waals surface area contributed by atoms with E-state index < -0.39 is 0 Å². The number of halogens is 2. The number of carbonyl (C=O) groups excluding carboxylic acids is 1. The van der Waals surface area contributed by atoms with Crippen LogP contribution in [0.3, 0.4) is 0 Å². The lowest BCUT2D eigenvalue weighted by atomic mass is 10.1. The summed E-state index contributed by atoms with van der Waals surface area (Å²) in [4.78, 5) is 11.9. The first-order chi connectivity index (χ1) is 12.1. The van der Waals surface area contributed by atoms with Crippen molar-refractivity contribution in [3.05, 3.63) is 82.8 Å². The van der Waals surface area contributed by atoms with E-state index in [4.69, 9.17) is 16.1 Å². The SMILES string of the molecule is O=C(/C=C/c1ccccc1Cl)NCc1cc(-c2ccc(F)cc2)on1. The zero-order chi connectivity index (χ0) is 17.6. The molecule has 0 spiro atoms. The molecular formula is C19H14ClFN2O2. The second-order valence-electron chi connectivity index (χ2n) is 5.26. The summed E-state index contributed by atoms with van der Waals surface area (Å²) in [5.74, 6) is -0.0804. The van der Waals surface area contributed by atoms with Gasteiger partial charge in [-0.2, -0.15) is 0 Å². The second kappa shape index (κ2) is 7.77. The Hall–Kier alpha value is -2.92. The predicted octanol–water partition coefficient (Wildman–Crippen LogP) is 4.46. The third-order valence-electron chi connectivity index (χ3n) is 3.45. The van der Waals surface area contributed by atoms with Crippen LogP contribution in [0.2, 0.25) is 5.02 Å². The third kappa shape index (κ3) is 4.55. The molecule has 1 aromatic heterocycles. The van der Waals surface area contributed by atoms with E-state index in [0.29, 0.717) is 22.0 Å². The molecule has 25 heavy (non-hydrogen) atoms. The van der Waals surface area contributed by atoms with Gasteiger partial charge in [-0.05, 0) is 42.0 Å². The zero-order valence-electron chi connectivity index (χ0n) is 13.1. The van der Waals surface area contributed by atoms with Crippen LogP contribution < -0.4 is 5.32 Å². The molecule has 0 fully saturated rings. The monoisotopic (exact) mass is 356 g/mol. The largest absolute Gasteiger partial charge is 0.356 e. The lowest BCUT2D eigenvalue weighted by molar-refractivity contribution is -0.116. The molecule has 1 N–H and O–H groups in total. The highest BCUT2D eigenvalue weighted by Crippen LogP contribution is 2.20. The Kier molecular flexibility index (Phi) is 5.26. The normalized spacial score (nSPS) is 11.0. The number of nitrogens with one attached hydrogen (secondary N) is 1. The van der Waals surface area contributed by atoms with Crippen LogP contribution >= 0.6 is 11.6 Å². The number of benzene rings is 2. The Bertz CT molecular complexity index is 904. The van der Waals surface area contributed by atoms with Gasteiger partial charge in [0.15, 0.2) is 5.76 Å². The van der Waals surface area contributed by atoms with Gasteiger partial charge in [0.2, 0.25) is 5.91 Å². The molecule has 0 aliphatic rings. The van der Waals surface area contributed by atoms with Crippen LogP contribution in [-0.4, -0.2) is 11.1 Å². The van der Waals surface area contributed by atoms with Crippen molar-refractivity contribution in [3.8, 4) is 11.3 Å². The Labute approximate surface area is 148 Å². The van der Waals surface area contributed by atoms with E-state index in [9.17, 15) is 9.18 Å². The van der Waals surface area contributed by atoms with E-state index >= 15 is 0 Å². The molecular weight excluding hydrogens is 343 g/mol. The molecule has 1 amide bonds. The van der Waals surface area contributed by atoms with Crippen LogP contribution in [-0.2, 0) is 11.3 Å². The number of amides is 1. The van der Waals surface area contributed by atoms with Crippen LogP contribution in [0.25, 0.3) is 17.4 Å².